The minimum Gasteiger partial charge on any atom is -0.508 e. The predicted molar refractivity (Wildman–Crippen MR) is 56.6 cm³/mol. The van der Waals surface area contributed by atoms with Gasteiger partial charge in [-0.15, -0.1) is 0 Å². The number of phenolic OH excluding ortho intramolecular Hbond substituents is 1. The van der Waals surface area contributed by atoms with Gasteiger partial charge in [0.25, 0.3) is 0 Å². The molecule has 0 atom stereocenters. The van der Waals surface area contributed by atoms with Gasteiger partial charge in [-0.05, 0) is 36.6 Å². The first kappa shape index (κ1) is 12.0. The molecule has 2 N–H and O–H groups in total. The number of aryl methyl sites for hydroxylation is 1. The van der Waals surface area contributed by atoms with Crippen LogP contribution in [0.1, 0.15) is 12.0 Å². The maximum absolute atomic E-state index is 11.2. The van der Waals surface area contributed by atoms with Crippen LogP contribution in [0.25, 0.3) is 0 Å². The zero-order valence-electron chi connectivity index (χ0n) is 8.47. The van der Waals surface area contributed by atoms with E-state index in [0.717, 1.165) is 6.26 Å². The molecule has 0 fully saturated rings. The minimum atomic E-state index is -3.24. The van der Waals surface area contributed by atoms with E-state index in [1.807, 2.05) is 0 Å². The molecule has 0 radical (unpaired) electrons. The Labute approximate surface area is 89.1 Å². The molecule has 0 aromatic heterocycles. The van der Waals surface area contributed by atoms with Crippen molar-refractivity contribution < 1.29 is 18.6 Å². The second-order valence-electron chi connectivity index (χ2n) is 3.39. The van der Waals surface area contributed by atoms with E-state index in [1.165, 1.54) is 18.2 Å². The molecule has 4 nitrogen and oxygen atoms in total. The van der Waals surface area contributed by atoms with Crippen molar-refractivity contribution in [2.45, 2.75) is 17.7 Å². The van der Waals surface area contributed by atoms with Gasteiger partial charge in [0.15, 0.2) is 9.84 Å². The summed E-state index contributed by atoms with van der Waals surface area (Å²) < 4.78 is 22.5. The van der Waals surface area contributed by atoms with Gasteiger partial charge in [-0.3, -0.25) is 0 Å². The molecule has 84 valence electrons. The smallest absolute Gasteiger partial charge is 0.175 e. The highest BCUT2D eigenvalue weighted by atomic mass is 32.2. The minimum absolute atomic E-state index is 0.0164. The number of phenols is 1. The van der Waals surface area contributed by atoms with E-state index >= 15 is 0 Å². The summed E-state index contributed by atoms with van der Waals surface area (Å²) >= 11 is 0. The first-order chi connectivity index (χ1) is 6.95. The van der Waals surface area contributed by atoms with Crippen molar-refractivity contribution in [1.29, 1.82) is 0 Å². The molecule has 1 aromatic carbocycles. The summed E-state index contributed by atoms with van der Waals surface area (Å²) in [6.45, 7) is 0.0164. The van der Waals surface area contributed by atoms with Crippen molar-refractivity contribution >= 4 is 9.84 Å². The summed E-state index contributed by atoms with van der Waals surface area (Å²) in [5.41, 5.74) is 0.548. The molecule has 0 aliphatic rings. The van der Waals surface area contributed by atoms with Gasteiger partial charge in [0.1, 0.15) is 5.75 Å². The molecule has 0 unspecified atom stereocenters. The van der Waals surface area contributed by atoms with E-state index in [4.69, 9.17) is 5.11 Å². The summed E-state index contributed by atoms with van der Waals surface area (Å²) in [6.07, 6.45) is 2.08. The van der Waals surface area contributed by atoms with Crippen molar-refractivity contribution in [3.63, 3.8) is 0 Å². The third-order valence-corrected chi connectivity index (χ3v) is 3.19. The van der Waals surface area contributed by atoms with E-state index < -0.39 is 9.84 Å². The standard InChI is InChI=1S/C10H14O4S/c1-15(13,14)9-4-5-10(12)8(7-9)3-2-6-11/h4-5,7,11-12H,2-3,6H2,1H3. The van der Waals surface area contributed by atoms with Crippen LogP contribution in [-0.2, 0) is 16.3 Å². The highest BCUT2D eigenvalue weighted by Crippen LogP contribution is 2.22. The average Bonchev–Trinajstić information content (AvgIpc) is 2.15. The van der Waals surface area contributed by atoms with Crippen LogP contribution in [0.15, 0.2) is 23.1 Å². The van der Waals surface area contributed by atoms with Crippen LogP contribution < -0.4 is 0 Å². The van der Waals surface area contributed by atoms with Crippen LogP contribution in [0, 0.1) is 0 Å². The summed E-state index contributed by atoms with van der Waals surface area (Å²) in [7, 11) is -3.24. The third-order valence-electron chi connectivity index (χ3n) is 2.08. The Morgan fingerprint density at radius 1 is 1.33 bits per heavy atom. The normalized spacial score (nSPS) is 11.6. The number of hydrogen-bond donors (Lipinski definition) is 2. The fourth-order valence-corrected chi connectivity index (χ4v) is 1.93. The lowest BCUT2D eigenvalue weighted by molar-refractivity contribution is 0.288. The van der Waals surface area contributed by atoms with Gasteiger partial charge in [-0.2, -0.15) is 0 Å². The lowest BCUT2D eigenvalue weighted by Gasteiger charge is -2.05. The van der Waals surface area contributed by atoms with Gasteiger partial charge in [-0.25, -0.2) is 8.42 Å². The number of hydrogen-bond acceptors (Lipinski definition) is 4. The van der Waals surface area contributed by atoms with Crippen molar-refractivity contribution in [2.24, 2.45) is 0 Å². The summed E-state index contributed by atoms with van der Waals surface area (Å²) in [5.74, 6) is 0.0656. The van der Waals surface area contributed by atoms with Crippen LogP contribution in [0.5, 0.6) is 5.75 Å². The number of benzene rings is 1. The van der Waals surface area contributed by atoms with E-state index in [9.17, 15) is 13.5 Å². The zero-order chi connectivity index (χ0) is 11.5. The lowest BCUT2D eigenvalue weighted by atomic mass is 10.1. The molecule has 0 bridgehead atoms. The second-order valence-corrected chi connectivity index (χ2v) is 5.41. The van der Waals surface area contributed by atoms with Crippen molar-refractivity contribution in [3.05, 3.63) is 23.8 Å². The number of aliphatic hydroxyl groups is 1. The van der Waals surface area contributed by atoms with Crippen molar-refractivity contribution in [2.75, 3.05) is 12.9 Å². The van der Waals surface area contributed by atoms with Crippen LogP contribution >= 0.6 is 0 Å². The van der Waals surface area contributed by atoms with Gasteiger partial charge in [0.05, 0.1) is 4.90 Å². The van der Waals surface area contributed by atoms with Crippen LogP contribution in [0.3, 0.4) is 0 Å². The van der Waals surface area contributed by atoms with Gasteiger partial charge in [-0.1, -0.05) is 0 Å². The Hall–Kier alpha value is -1.07. The maximum atomic E-state index is 11.2. The van der Waals surface area contributed by atoms with Crippen molar-refractivity contribution in [3.8, 4) is 5.75 Å². The quantitative estimate of drug-likeness (QED) is 0.799. The Kier molecular flexibility index (Phi) is 3.71. The number of rotatable bonds is 4. The summed E-state index contributed by atoms with van der Waals surface area (Å²) in [5, 5.41) is 18.1. The average molecular weight is 230 g/mol. The summed E-state index contributed by atoms with van der Waals surface area (Å²) in [4.78, 5) is 0.188. The molecular weight excluding hydrogens is 216 g/mol. The number of sulfone groups is 1. The van der Waals surface area contributed by atoms with Crippen LogP contribution in [0.2, 0.25) is 0 Å². The van der Waals surface area contributed by atoms with E-state index in [0.29, 0.717) is 18.4 Å². The van der Waals surface area contributed by atoms with Gasteiger partial charge in [0.2, 0.25) is 0 Å². The molecule has 5 heteroatoms. The fraction of sp³-hybridized carbons (Fsp3) is 0.400. The maximum Gasteiger partial charge on any atom is 0.175 e. The monoisotopic (exact) mass is 230 g/mol. The van der Waals surface area contributed by atoms with Gasteiger partial charge >= 0.3 is 0 Å². The molecule has 0 aliphatic carbocycles. The SMILES string of the molecule is CS(=O)(=O)c1ccc(O)c(CCCO)c1. The van der Waals surface area contributed by atoms with E-state index in [2.05, 4.69) is 0 Å². The Morgan fingerprint density at radius 3 is 2.53 bits per heavy atom. The topological polar surface area (TPSA) is 74.6 Å². The molecule has 0 aliphatic heterocycles. The van der Waals surface area contributed by atoms with E-state index in [-0.39, 0.29) is 17.3 Å². The molecule has 15 heavy (non-hydrogen) atoms. The highest BCUT2D eigenvalue weighted by Gasteiger charge is 2.10. The van der Waals surface area contributed by atoms with Gasteiger partial charge in [0, 0.05) is 12.9 Å². The predicted octanol–water partition coefficient (Wildman–Crippen LogP) is 0.721. The first-order valence-electron chi connectivity index (χ1n) is 4.58. The number of aliphatic hydroxyl groups excluding tert-OH is 1. The van der Waals surface area contributed by atoms with E-state index in [1.54, 1.807) is 0 Å². The highest BCUT2D eigenvalue weighted by molar-refractivity contribution is 7.90. The molecule has 1 rings (SSSR count). The number of aromatic hydroxyl groups is 1. The molecule has 0 amide bonds. The molecule has 0 heterocycles. The Balaban J connectivity index is 3.06. The Bertz CT molecular complexity index is 437. The third kappa shape index (κ3) is 3.21. The summed E-state index contributed by atoms with van der Waals surface area (Å²) in [6, 6.07) is 4.18. The molecule has 0 saturated carbocycles. The Morgan fingerprint density at radius 2 is 2.00 bits per heavy atom. The molecule has 1 aromatic rings. The molecule has 0 saturated heterocycles. The largest absolute Gasteiger partial charge is 0.508 e. The van der Waals surface area contributed by atoms with Crippen LogP contribution in [-0.4, -0.2) is 31.5 Å². The molecular formula is C10H14O4S. The van der Waals surface area contributed by atoms with Gasteiger partial charge < -0.3 is 10.2 Å². The van der Waals surface area contributed by atoms with Crippen molar-refractivity contribution in [1.82, 2.24) is 0 Å². The lowest BCUT2D eigenvalue weighted by Crippen LogP contribution is -1.99. The zero-order valence-corrected chi connectivity index (χ0v) is 9.29. The second kappa shape index (κ2) is 4.63. The van der Waals surface area contributed by atoms with Crippen LogP contribution in [0.4, 0.5) is 0 Å². The first-order valence-corrected chi connectivity index (χ1v) is 6.47. The fourth-order valence-electron chi connectivity index (χ4n) is 1.26. The molecule has 0 spiro atoms.